The van der Waals surface area contributed by atoms with Crippen LogP contribution in [0.3, 0.4) is 0 Å². The summed E-state index contributed by atoms with van der Waals surface area (Å²) in [5.41, 5.74) is -0.0413. The highest BCUT2D eigenvalue weighted by molar-refractivity contribution is 7.13. The number of likely N-dealkylation sites (tertiary alicyclic amines) is 1. The van der Waals surface area contributed by atoms with Crippen LogP contribution in [0.2, 0.25) is 0 Å². The summed E-state index contributed by atoms with van der Waals surface area (Å²) in [5.74, 6) is -0.887. The summed E-state index contributed by atoms with van der Waals surface area (Å²) < 4.78 is 0. The molecule has 1 N–H and O–H groups in total. The van der Waals surface area contributed by atoms with Crippen molar-refractivity contribution >= 4 is 23.2 Å². The zero-order valence-corrected chi connectivity index (χ0v) is 12.2. The van der Waals surface area contributed by atoms with Crippen molar-refractivity contribution in [2.24, 2.45) is 5.41 Å². The Hall–Kier alpha value is -1.43. The molecule has 0 bridgehead atoms. The maximum Gasteiger partial charge on any atom is 0.311 e. The fourth-order valence-electron chi connectivity index (χ4n) is 2.53. The quantitative estimate of drug-likeness (QED) is 0.921. The molecule has 1 unspecified atom stereocenters. The van der Waals surface area contributed by atoms with E-state index in [-0.39, 0.29) is 5.91 Å². The van der Waals surface area contributed by atoms with Crippen molar-refractivity contribution in [3.63, 3.8) is 0 Å². The van der Waals surface area contributed by atoms with Gasteiger partial charge in [-0.3, -0.25) is 9.59 Å². The number of carbonyl (C=O) groups excluding carboxylic acids is 1. The minimum Gasteiger partial charge on any atom is -0.481 e. The fraction of sp³-hybridized carbons (Fsp3) is 0.615. The fourth-order valence-corrected chi connectivity index (χ4v) is 3.42. The Kier molecular flexibility index (Phi) is 3.62. The Morgan fingerprint density at radius 3 is 2.58 bits per heavy atom. The molecular formula is C13H18N2O3S. The molecule has 0 radical (unpaired) electrons. The van der Waals surface area contributed by atoms with Gasteiger partial charge in [0.2, 0.25) is 0 Å². The van der Waals surface area contributed by atoms with Crippen LogP contribution in [0.1, 0.15) is 40.1 Å². The van der Waals surface area contributed by atoms with E-state index in [9.17, 15) is 14.7 Å². The highest BCUT2D eigenvalue weighted by Crippen LogP contribution is 2.35. The van der Waals surface area contributed by atoms with Gasteiger partial charge in [0.1, 0.15) is 4.88 Å². The molecule has 5 nitrogen and oxygen atoms in total. The monoisotopic (exact) mass is 282 g/mol. The molecule has 1 atom stereocenters. The molecule has 6 heteroatoms. The van der Waals surface area contributed by atoms with Crippen LogP contribution in [0.5, 0.6) is 0 Å². The maximum atomic E-state index is 12.4. The van der Waals surface area contributed by atoms with Gasteiger partial charge in [-0.2, -0.15) is 0 Å². The van der Waals surface area contributed by atoms with Crippen LogP contribution in [0.25, 0.3) is 0 Å². The van der Waals surface area contributed by atoms with Gasteiger partial charge in [-0.25, -0.2) is 4.98 Å². The molecule has 19 heavy (non-hydrogen) atoms. The van der Waals surface area contributed by atoms with E-state index < -0.39 is 11.4 Å². The number of thiazole rings is 1. The van der Waals surface area contributed by atoms with E-state index in [1.54, 1.807) is 4.90 Å². The van der Waals surface area contributed by atoms with E-state index in [1.165, 1.54) is 11.3 Å². The topological polar surface area (TPSA) is 70.5 Å². The van der Waals surface area contributed by atoms with Crippen LogP contribution in [0, 0.1) is 19.3 Å². The highest BCUT2D eigenvalue weighted by Gasteiger charge is 2.45. The first-order chi connectivity index (χ1) is 8.89. The first kappa shape index (κ1) is 14.0. The average Bonchev–Trinajstić information content (AvgIpc) is 2.93. The van der Waals surface area contributed by atoms with Crippen LogP contribution < -0.4 is 0 Å². The first-order valence-corrected chi connectivity index (χ1v) is 7.18. The van der Waals surface area contributed by atoms with Crippen molar-refractivity contribution in [1.29, 1.82) is 0 Å². The van der Waals surface area contributed by atoms with Crippen LogP contribution in [-0.2, 0) is 4.79 Å². The number of carbonyl (C=O) groups is 2. The van der Waals surface area contributed by atoms with Crippen LogP contribution in [0.4, 0.5) is 0 Å². The zero-order valence-electron chi connectivity index (χ0n) is 11.4. The summed E-state index contributed by atoms with van der Waals surface area (Å²) >= 11 is 1.38. The van der Waals surface area contributed by atoms with Gasteiger partial charge in [0, 0.05) is 13.1 Å². The van der Waals surface area contributed by atoms with Gasteiger partial charge in [0.05, 0.1) is 16.1 Å². The average molecular weight is 282 g/mol. The molecule has 1 aromatic heterocycles. The number of aryl methyl sites for hydroxylation is 2. The predicted octanol–water partition coefficient (Wildman–Crippen LogP) is 2.09. The van der Waals surface area contributed by atoms with Crippen molar-refractivity contribution < 1.29 is 14.7 Å². The minimum atomic E-state index is -0.803. The lowest BCUT2D eigenvalue weighted by Crippen LogP contribution is -2.36. The van der Waals surface area contributed by atoms with Gasteiger partial charge in [0.25, 0.3) is 5.91 Å². The summed E-state index contributed by atoms with van der Waals surface area (Å²) in [4.78, 5) is 30.3. The molecule has 1 aromatic rings. The van der Waals surface area contributed by atoms with E-state index in [1.807, 2.05) is 20.8 Å². The molecular weight excluding hydrogens is 264 g/mol. The van der Waals surface area contributed by atoms with Crippen molar-refractivity contribution in [2.45, 2.75) is 33.6 Å². The second kappa shape index (κ2) is 4.92. The summed E-state index contributed by atoms with van der Waals surface area (Å²) in [7, 11) is 0. The van der Waals surface area contributed by atoms with Crippen LogP contribution in [-0.4, -0.2) is 40.0 Å². The second-order valence-corrected chi connectivity index (χ2v) is 6.27. The third-order valence-electron chi connectivity index (χ3n) is 3.87. The Bertz CT molecular complexity index is 526. The Morgan fingerprint density at radius 1 is 1.47 bits per heavy atom. The van der Waals surface area contributed by atoms with E-state index in [0.717, 1.165) is 10.7 Å². The van der Waals surface area contributed by atoms with Gasteiger partial charge in [0.15, 0.2) is 0 Å². The number of aliphatic carboxylic acids is 1. The number of nitrogens with zero attached hydrogens (tertiary/aromatic N) is 2. The molecule has 0 saturated carbocycles. The smallest absolute Gasteiger partial charge is 0.311 e. The molecule has 0 spiro atoms. The van der Waals surface area contributed by atoms with Gasteiger partial charge in [-0.05, 0) is 26.7 Å². The van der Waals surface area contributed by atoms with Crippen LogP contribution in [0.15, 0.2) is 0 Å². The van der Waals surface area contributed by atoms with E-state index in [2.05, 4.69) is 4.98 Å². The summed E-state index contributed by atoms with van der Waals surface area (Å²) in [5, 5.41) is 10.2. The molecule has 1 aliphatic heterocycles. The number of carboxylic acids is 1. The van der Waals surface area contributed by atoms with Gasteiger partial charge in [-0.15, -0.1) is 11.3 Å². The van der Waals surface area contributed by atoms with E-state index in [0.29, 0.717) is 30.8 Å². The number of aromatic nitrogens is 1. The second-order valence-electron chi connectivity index (χ2n) is 5.06. The lowest BCUT2D eigenvalue weighted by Gasteiger charge is -2.22. The van der Waals surface area contributed by atoms with Gasteiger partial charge >= 0.3 is 5.97 Å². The number of carboxylic acid groups (broad SMARTS) is 1. The van der Waals surface area contributed by atoms with Gasteiger partial charge in [-0.1, -0.05) is 6.92 Å². The molecule has 2 heterocycles. The van der Waals surface area contributed by atoms with Crippen molar-refractivity contribution in [2.75, 3.05) is 13.1 Å². The normalized spacial score (nSPS) is 22.8. The Labute approximate surface area is 116 Å². The minimum absolute atomic E-state index is 0.0836. The summed E-state index contributed by atoms with van der Waals surface area (Å²) in [6, 6.07) is 0. The summed E-state index contributed by atoms with van der Waals surface area (Å²) in [6.07, 6.45) is 1.08. The number of amides is 1. The molecule has 2 rings (SSSR count). The largest absolute Gasteiger partial charge is 0.481 e. The maximum absolute atomic E-state index is 12.4. The number of hydrogen-bond acceptors (Lipinski definition) is 4. The molecule has 1 amide bonds. The lowest BCUT2D eigenvalue weighted by molar-refractivity contribution is -0.148. The highest BCUT2D eigenvalue weighted by atomic mass is 32.1. The molecule has 1 saturated heterocycles. The molecule has 1 fully saturated rings. The third-order valence-corrected chi connectivity index (χ3v) is 4.93. The molecule has 0 aliphatic carbocycles. The number of hydrogen-bond donors (Lipinski definition) is 1. The Morgan fingerprint density at radius 2 is 2.16 bits per heavy atom. The first-order valence-electron chi connectivity index (χ1n) is 6.36. The third kappa shape index (κ3) is 2.36. The van der Waals surface area contributed by atoms with Gasteiger partial charge < -0.3 is 10.0 Å². The van der Waals surface area contributed by atoms with Crippen molar-refractivity contribution in [3.8, 4) is 0 Å². The zero-order chi connectivity index (χ0) is 14.2. The Balaban J connectivity index is 2.19. The molecule has 1 aliphatic rings. The van der Waals surface area contributed by atoms with Crippen molar-refractivity contribution in [1.82, 2.24) is 9.88 Å². The number of rotatable bonds is 3. The summed E-state index contributed by atoms with van der Waals surface area (Å²) in [6.45, 7) is 6.36. The molecule has 0 aromatic carbocycles. The molecule has 104 valence electrons. The van der Waals surface area contributed by atoms with Crippen LogP contribution >= 0.6 is 11.3 Å². The van der Waals surface area contributed by atoms with E-state index >= 15 is 0 Å². The van der Waals surface area contributed by atoms with Crippen molar-refractivity contribution in [3.05, 3.63) is 15.6 Å². The lowest BCUT2D eigenvalue weighted by atomic mass is 9.84. The predicted molar refractivity (Wildman–Crippen MR) is 72.5 cm³/mol. The standard InChI is InChI=1S/C13H18N2O3S/c1-4-13(12(17)18)5-6-15(7-13)11(16)10-8(2)14-9(3)19-10/h4-7H2,1-3H3,(H,17,18). The van der Waals surface area contributed by atoms with E-state index in [4.69, 9.17) is 0 Å². The SMILES string of the molecule is CCC1(C(=O)O)CCN(C(=O)c2sc(C)nc2C)C1.